The molecule has 9 nitrogen and oxygen atoms in total. The molecule has 0 saturated heterocycles. The molecule has 10 heteroatoms. The van der Waals surface area contributed by atoms with Crippen molar-refractivity contribution in [3.05, 3.63) is 86.9 Å². The van der Waals surface area contributed by atoms with Crippen LogP contribution in [-0.4, -0.2) is 33.8 Å². The summed E-state index contributed by atoms with van der Waals surface area (Å²) in [7, 11) is 0. The molecule has 0 fully saturated rings. The fourth-order valence-electron chi connectivity index (χ4n) is 3.02. The lowest BCUT2D eigenvalue weighted by molar-refractivity contribution is -0.117. The Hall–Kier alpha value is -4.05. The Labute approximate surface area is 187 Å². The maximum atomic E-state index is 12.6. The van der Waals surface area contributed by atoms with Crippen LogP contribution in [0.5, 0.6) is 0 Å². The van der Waals surface area contributed by atoms with E-state index in [-0.39, 0.29) is 35.9 Å². The highest BCUT2D eigenvalue weighted by molar-refractivity contribution is 7.71. The van der Waals surface area contributed by atoms with Crippen molar-refractivity contribution in [3.8, 4) is 0 Å². The van der Waals surface area contributed by atoms with Gasteiger partial charge >= 0.3 is 0 Å². The smallest absolute Gasteiger partial charge is 0.262 e. The molecule has 0 atom stereocenters. The second kappa shape index (κ2) is 9.84. The van der Waals surface area contributed by atoms with E-state index in [0.29, 0.717) is 22.0 Å². The Morgan fingerprint density at radius 2 is 1.72 bits per heavy atom. The number of primary amides is 1. The standard InChI is InChI=1S/C22H21N5O4S/c1-2-9-27-21(31)16-8-7-15(10-17(16)26-22(27)32)20(30)24-11-13-3-5-14(6-4-13)19(29)25-12-18(23)28/h2-8,10H,1,9,11-12H2,(H2,23,28)(H,24,30)(H,25,29)(H,26,32). The maximum absolute atomic E-state index is 12.6. The zero-order valence-electron chi connectivity index (χ0n) is 17.0. The molecule has 0 saturated carbocycles. The minimum Gasteiger partial charge on any atom is -0.368 e. The van der Waals surface area contributed by atoms with E-state index in [2.05, 4.69) is 22.2 Å². The first-order chi connectivity index (χ1) is 15.3. The molecule has 1 aromatic heterocycles. The van der Waals surface area contributed by atoms with E-state index in [1.54, 1.807) is 48.5 Å². The van der Waals surface area contributed by atoms with Crippen molar-refractivity contribution in [2.75, 3.05) is 6.54 Å². The van der Waals surface area contributed by atoms with Crippen LogP contribution in [0.25, 0.3) is 10.9 Å². The minimum absolute atomic E-state index is 0.233. The van der Waals surface area contributed by atoms with E-state index in [1.807, 2.05) is 0 Å². The van der Waals surface area contributed by atoms with Gasteiger partial charge in [0.25, 0.3) is 17.4 Å². The lowest BCUT2D eigenvalue weighted by Gasteiger charge is -2.09. The van der Waals surface area contributed by atoms with Crippen LogP contribution in [0.4, 0.5) is 0 Å². The lowest BCUT2D eigenvalue weighted by Crippen LogP contribution is -2.33. The van der Waals surface area contributed by atoms with Crippen molar-refractivity contribution in [2.24, 2.45) is 5.73 Å². The van der Waals surface area contributed by atoms with Crippen molar-refractivity contribution in [1.82, 2.24) is 20.2 Å². The summed E-state index contributed by atoms with van der Waals surface area (Å²) in [5.41, 5.74) is 6.73. The molecule has 0 radical (unpaired) electrons. The van der Waals surface area contributed by atoms with E-state index in [0.717, 1.165) is 5.56 Å². The molecule has 0 unspecified atom stereocenters. The molecule has 3 amide bonds. The first-order valence-corrected chi connectivity index (χ1v) is 10.0. The Morgan fingerprint density at radius 3 is 2.38 bits per heavy atom. The van der Waals surface area contributed by atoms with Crippen molar-refractivity contribution in [2.45, 2.75) is 13.1 Å². The van der Waals surface area contributed by atoms with Gasteiger partial charge in [-0.2, -0.15) is 0 Å². The van der Waals surface area contributed by atoms with Crippen molar-refractivity contribution >= 4 is 40.8 Å². The summed E-state index contributed by atoms with van der Waals surface area (Å²) in [5, 5.41) is 5.61. The molecule has 0 aliphatic carbocycles. The molecule has 32 heavy (non-hydrogen) atoms. The third-order valence-electron chi connectivity index (χ3n) is 4.65. The third-order valence-corrected chi connectivity index (χ3v) is 4.97. The minimum atomic E-state index is -0.629. The van der Waals surface area contributed by atoms with Gasteiger partial charge in [-0.05, 0) is 48.1 Å². The van der Waals surface area contributed by atoms with Crippen LogP contribution in [-0.2, 0) is 17.9 Å². The van der Waals surface area contributed by atoms with Gasteiger partial charge in [0.2, 0.25) is 5.91 Å². The number of fused-ring (bicyclic) bond motifs is 1. The van der Waals surface area contributed by atoms with Gasteiger partial charge in [-0.25, -0.2) is 0 Å². The molecule has 5 N–H and O–H groups in total. The van der Waals surface area contributed by atoms with E-state index in [4.69, 9.17) is 18.0 Å². The quantitative estimate of drug-likeness (QED) is 0.303. The average Bonchev–Trinajstić information content (AvgIpc) is 2.78. The third kappa shape index (κ3) is 5.16. The number of amides is 3. The largest absolute Gasteiger partial charge is 0.368 e. The van der Waals surface area contributed by atoms with Gasteiger partial charge < -0.3 is 21.4 Å². The number of nitrogens with zero attached hydrogens (tertiary/aromatic N) is 1. The number of H-pyrrole nitrogens is 1. The van der Waals surface area contributed by atoms with Gasteiger partial charge in [-0.3, -0.25) is 23.7 Å². The number of nitrogens with two attached hydrogens (primary N) is 1. The lowest BCUT2D eigenvalue weighted by atomic mass is 10.1. The van der Waals surface area contributed by atoms with Crippen LogP contribution in [0.3, 0.4) is 0 Å². The summed E-state index contributed by atoms with van der Waals surface area (Å²) < 4.78 is 1.64. The van der Waals surface area contributed by atoms with Crippen molar-refractivity contribution < 1.29 is 14.4 Å². The Balaban J connectivity index is 1.69. The first kappa shape index (κ1) is 22.6. The summed E-state index contributed by atoms with van der Waals surface area (Å²) >= 11 is 5.22. The molecular formula is C22H21N5O4S. The first-order valence-electron chi connectivity index (χ1n) is 9.61. The van der Waals surface area contributed by atoms with Crippen molar-refractivity contribution in [3.63, 3.8) is 0 Å². The molecule has 2 aromatic carbocycles. The van der Waals surface area contributed by atoms with Crippen LogP contribution < -0.4 is 21.9 Å². The second-order valence-electron chi connectivity index (χ2n) is 6.92. The predicted octanol–water partition coefficient (Wildman–Crippen LogP) is 1.39. The number of hydrogen-bond acceptors (Lipinski definition) is 5. The zero-order chi connectivity index (χ0) is 23.3. The fraction of sp³-hybridized carbons (Fsp3) is 0.136. The van der Waals surface area contributed by atoms with Gasteiger partial charge in [0.05, 0.1) is 17.4 Å². The molecule has 1 heterocycles. The van der Waals surface area contributed by atoms with Gasteiger partial charge in [0.1, 0.15) is 0 Å². The molecule has 0 aliphatic heterocycles. The molecule has 164 valence electrons. The number of aromatic amines is 1. The van der Waals surface area contributed by atoms with Gasteiger partial charge in [0.15, 0.2) is 4.77 Å². The second-order valence-corrected chi connectivity index (χ2v) is 7.31. The average molecular weight is 452 g/mol. The number of hydrogen-bond donors (Lipinski definition) is 4. The number of nitrogens with one attached hydrogen (secondary N) is 3. The highest BCUT2D eigenvalue weighted by Crippen LogP contribution is 2.12. The van der Waals surface area contributed by atoms with Crippen LogP contribution in [0.15, 0.2) is 59.9 Å². The SMILES string of the molecule is C=CCn1c(=S)[nH]c2cc(C(=O)NCc3ccc(C(=O)NCC(N)=O)cc3)ccc2c1=O. The Kier molecular flexibility index (Phi) is 6.96. The zero-order valence-corrected chi connectivity index (χ0v) is 17.8. The molecule has 3 aromatic rings. The van der Waals surface area contributed by atoms with Gasteiger partial charge in [-0.1, -0.05) is 18.2 Å². The number of aromatic nitrogens is 2. The van der Waals surface area contributed by atoms with Crippen molar-refractivity contribution in [1.29, 1.82) is 0 Å². The summed E-state index contributed by atoms with van der Waals surface area (Å²) in [6.07, 6.45) is 1.58. The van der Waals surface area contributed by atoms with E-state index >= 15 is 0 Å². The monoisotopic (exact) mass is 451 g/mol. The highest BCUT2D eigenvalue weighted by Gasteiger charge is 2.11. The van der Waals surface area contributed by atoms with E-state index in [1.165, 1.54) is 4.57 Å². The van der Waals surface area contributed by atoms with Gasteiger partial charge in [-0.15, -0.1) is 6.58 Å². The normalized spacial score (nSPS) is 10.5. The van der Waals surface area contributed by atoms with E-state index in [9.17, 15) is 19.2 Å². The Bertz CT molecular complexity index is 1320. The molecular weight excluding hydrogens is 430 g/mol. The molecule has 0 bridgehead atoms. The number of carbonyl (C=O) groups excluding carboxylic acids is 3. The summed E-state index contributed by atoms with van der Waals surface area (Å²) in [5.74, 6) is -1.37. The van der Waals surface area contributed by atoms with Crippen LogP contribution in [0.2, 0.25) is 0 Å². The molecule has 0 aliphatic rings. The number of carbonyl (C=O) groups is 3. The molecule has 3 rings (SSSR count). The fourth-order valence-corrected chi connectivity index (χ4v) is 3.29. The number of allylic oxidation sites excluding steroid dienone is 1. The summed E-state index contributed by atoms with van der Waals surface area (Å²) in [6.45, 7) is 3.90. The number of benzene rings is 2. The number of rotatable bonds is 8. The van der Waals surface area contributed by atoms with Gasteiger partial charge in [0, 0.05) is 24.2 Å². The van der Waals surface area contributed by atoms with E-state index < -0.39 is 11.8 Å². The predicted molar refractivity (Wildman–Crippen MR) is 123 cm³/mol. The topological polar surface area (TPSA) is 139 Å². The van der Waals surface area contributed by atoms with Crippen LogP contribution >= 0.6 is 12.2 Å². The maximum Gasteiger partial charge on any atom is 0.262 e. The summed E-state index contributed by atoms with van der Waals surface area (Å²) in [4.78, 5) is 50.7. The van der Waals surface area contributed by atoms with Crippen LogP contribution in [0.1, 0.15) is 26.3 Å². The highest BCUT2D eigenvalue weighted by atomic mass is 32.1. The molecule has 0 spiro atoms. The van der Waals surface area contributed by atoms with Crippen LogP contribution in [0, 0.1) is 4.77 Å². The summed E-state index contributed by atoms with van der Waals surface area (Å²) in [6, 6.07) is 11.3. The Morgan fingerprint density at radius 1 is 1.06 bits per heavy atom.